The third kappa shape index (κ3) is 4.06. The molecular formula is C25H23NO4. The predicted octanol–water partition coefficient (Wildman–Crippen LogP) is 4.83. The molecule has 1 atom stereocenters. The van der Waals surface area contributed by atoms with E-state index < -0.39 is 0 Å². The van der Waals surface area contributed by atoms with Gasteiger partial charge in [0.1, 0.15) is 18.1 Å². The fraction of sp³-hybridized carbons (Fsp3) is 0.200. The number of hydrogen-bond acceptors (Lipinski definition) is 4. The topological polar surface area (TPSA) is 55.8 Å². The first-order chi connectivity index (χ1) is 14.7. The summed E-state index contributed by atoms with van der Waals surface area (Å²) in [6, 6.07) is 24.0. The molecule has 1 heterocycles. The molecule has 3 aromatic rings. The van der Waals surface area contributed by atoms with Gasteiger partial charge in [0.05, 0.1) is 11.7 Å². The van der Waals surface area contributed by atoms with Gasteiger partial charge in [-0.3, -0.25) is 14.5 Å². The highest BCUT2D eigenvalue weighted by atomic mass is 16.5. The molecule has 0 N–H and O–H groups in total. The number of para-hydroxylation sites is 2. The van der Waals surface area contributed by atoms with E-state index in [9.17, 15) is 9.59 Å². The maximum absolute atomic E-state index is 13.2. The lowest BCUT2D eigenvalue weighted by Crippen LogP contribution is -2.43. The van der Waals surface area contributed by atoms with E-state index >= 15 is 0 Å². The molecule has 0 saturated heterocycles. The van der Waals surface area contributed by atoms with E-state index in [2.05, 4.69) is 0 Å². The summed E-state index contributed by atoms with van der Waals surface area (Å²) in [6.07, 6.45) is 0.454. The van der Waals surface area contributed by atoms with E-state index in [0.717, 1.165) is 11.3 Å². The van der Waals surface area contributed by atoms with Crippen molar-refractivity contribution in [3.63, 3.8) is 0 Å². The van der Waals surface area contributed by atoms with Crippen LogP contribution in [0, 0.1) is 0 Å². The van der Waals surface area contributed by atoms with Crippen LogP contribution in [0.15, 0.2) is 78.9 Å². The first kappa shape index (κ1) is 19.7. The quantitative estimate of drug-likeness (QED) is 0.556. The molecule has 1 aliphatic rings. The van der Waals surface area contributed by atoms with Crippen molar-refractivity contribution in [3.8, 4) is 11.5 Å². The lowest BCUT2D eigenvalue weighted by atomic mass is 10.0. The zero-order valence-electron chi connectivity index (χ0n) is 16.8. The van der Waals surface area contributed by atoms with Gasteiger partial charge in [0.25, 0.3) is 5.91 Å². The molecule has 4 rings (SSSR count). The summed E-state index contributed by atoms with van der Waals surface area (Å²) in [5.74, 6) is 1.15. The number of anilines is 1. The second-order valence-corrected chi connectivity index (χ2v) is 7.06. The standard InChI is InChI=1S/C25H23NO4/c1-2-23(27)19-12-14-20(15-13-19)29-17-25(28)26-21-10-6-7-11-24(21)30-16-22(26)18-8-4-3-5-9-18/h3-15,22H,2,16-17H2,1H3. The fourth-order valence-electron chi connectivity index (χ4n) is 3.57. The number of fused-ring (bicyclic) bond motifs is 1. The number of hydrogen-bond donors (Lipinski definition) is 0. The van der Waals surface area contributed by atoms with Gasteiger partial charge in [0.15, 0.2) is 12.4 Å². The monoisotopic (exact) mass is 401 g/mol. The van der Waals surface area contributed by atoms with Crippen LogP contribution in [0.5, 0.6) is 11.5 Å². The molecule has 0 spiro atoms. The molecule has 0 aromatic heterocycles. The van der Waals surface area contributed by atoms with E-state index in [4.69, 9.17) is 9.47 Å². The van der Waals surface area contributed by atoms with Crippen molar-refractivity contribution in [1.82, 2.24) is 0 Å². The highest BCUT2D eigenvalue weighted by molar-refractivity contribution is 5.97. The number of ether oxygens (including phenoxy) is 2. The Morgan fingerprint density at radius 3 is 2.40 bits per heavy atom. The molecule has 0 bridgehead atoms. The van der Waals surface area contributed by atoms with Gasteiger partial charge in [-0.05, 0) is 42.0 Å². The normalized spacial score (nSPS) is 15.1. The van der Waals surface area contributed by atoms with Crippen LogP contribution in [0.25, 0.3) is 0 Å². The zero-order chi connectivity index (χ0) is 20.9. The summed E-state index contributed by atoms with van der Waals surface area (Å²) in [7, 11) is 0. The summed E-state index contributed by atoms with van der Waals surface area (Å²) in [5.41, 5.74) is 2.38. The van der Waals surface area contributed by atoms with Crippen molar-refractivity contribution in [3.05, 3.63) is 90.0 Å². The van der Waals surface area contributed by atoms with Gasteiger partial charge in [-0.2, -0.15) is 0 Å². The second-order valence-electron chi connectivity index (χ2n) is 7.06. The van der Waals surface area contributed by atoms with Gasteiger partial charge in [-0.1, -0.05) is 49.4 Å². The second kappa shape index (κ2) is 8.82. The molecule has 5 heteroatoms. The van der Waals surface area contributed by atoms with Gasteiger partial charge < -0.3 is 9.47 Å². The van der Waals surface area contributed by atoms with Crippen molar-refractivity contribution in [1.29, 1.82) is 0 Å². The van der Waals surface area contributed by atoms with Crippen LogP contribution in [-0.4, -0.2) is 24.9 Å². The minimum absolute atomic E-state index is 0.0771. The number of benzene rings is 3. The fourth-order valence-corrected chi connectivity index (χ4v) is 3.57. The molecule has 0 radical (unpaired) electrons. The highest BCUT2D eigenvalue weighted by Crippen LogP contribution is 2.39. The minimum Gasteiger partial charge on any atom is -0.489 e. The molecule has 0 aliphatic carbocycles. The number of carbonyl (C=O) groups excluding carboxylic acids is 2. The third-order valence-corrected chi connectivity index (χ3v) is 5.15. The summed E-state index contributed by atoms with van der Waals surface area (Å²) >= 11 is 0. The van der Waals surface area contributed by atoms with Gasteiger partial charge in [-0.25, -0.2) is 0 Å². The average molecular weight is 401 g/mol. The maximum atomic E-state index is 13.2. The number of Topliss-reactive ketones (excluding diaryl/α,β-unsaturated/α-hetero) is 1. The van der Waals surface area contributed by atoms with Crippen molar-refractivity contribution in [2.45, 2.75) is 19.4 Å². The van der Waals surface area contributed by atoms with Crippen LogP contribution in [-0.2, 0) is 4.79 Å². The molecule has 3 aromatic carbocycles. The first-order valence-corrected chi connectivity index (χ1v) is 10.0. The van der Waals surface area contributed by atoms with Crippen LogP contribution < -0.4 is 14.4 Å². The van der Waals surface area contributed by atoms with E-state index in [1.807, 2.05) is 61.5 Å². The smallest absolute Gasteiger partial charge is 0.265 e. The third-order valence-electron chi connectivity index (χ3n) is 5.15. The highest BCUT2D eigenvalue weighted by Gasteiger charge is 2.33. The molecule has 0 saturated carbocycles. The number of nitrogens with zero attached hydrogens (tertiary/aromatic N) is 1. The van der Waals surface area contributed by atoms with Gasteiger partial charge >= 0.3 is 0 Å². The molecule has 1 amide bonds. The Hall–Kier alpha value is -3.60. The molecule has 0 fully saturated rings. The molecular weight excluding hydrogens is 378 g/mol. The minimum atomic E-state index is -0.234. The Labute approximate surface area is 175 Å². The van der Waals surface area contributed by atoms with E-state index in [-0.39, 0.29) is 24.3 Å². The zero-order valence-corrected chi connectivity index (χ0v) is 16.8. The number of amides is 1. The SMILES string of the molecule is CCC(=O)c1ccc(OCC(=O)N2c3ccccc3OCC2c2ccccc2)cc1. The number of carbonyl (C=O) groups is 2. The molecule has 30 heavy (non-hydrogen) atoms. The summed E-state index contributed by atoms with van der Waals surface area (Å²) < 4.78 is 11.7. The Kier molecular flexibility index (Phi) is 5.80. The van der Waals surface area contributed by atoms with E-state index in [1.165, 1.54) is 0 Å². The van der Waals surface area contributed by atoms with Crippen molar-refractivity contribution >= 4 is 17.4 Å². The Balaban J connectivity index is 1.54. The largest absolute Gasteiger partial charge is 0.489 e. The van der Waals surface area contributed by atoms with Crippen molar-refractivity contribution in [2.75, 3.05) is 18.1 Å². The van der Waals surface area contributed by atoms with E-state index in [1.54, 1.807) is 29.2 Å². The van der Waals surface area contributed by atoms with E-state index in [0.29, 0.717) is 30.1 Å². The number of rotatable bonds is 6. The maximum Gasteiger partial charge on any atom is 0.265 e. The van der Waals surface area contributed by atoms with Gasteiger partial charge in [0, 0.05) is 12.0 Å². The van der Waals surface area contributed by atoms with Gasteiger partial charge in [-0.15, -0.1) is 0 Å². The van der Waals surface area contributed by atoms with Crippen LogP contribution in [0.1, 0.15) is 35.3 Å². The molecule has 1 aliphatic heterocycles. The summed E-state index contributed by atoms with van der Waals surface area (Å²) in [4.78, 5) is 26.8. The van der Waals surface area contributed by atoms with Gasteiger partial charge in [0.2, 0.25) is 0 Å². The van der Waals surface area contributed by atoms with Crippen molar-refractivity contribution < 1.29 is 19.1 Å². The lowest BCUT2D eigenvalue weighted by molar-refractivity contribution is -0.121. The first-order valence-electron chi connectivity index (χ1n) is 10.0. The Morgan fingerprint density at radius 2 is 1.67 bits per heavy atom. The molecule has 5 nitrogen and oxygen atoms in total. The van der Waals surface area contributed by atoms with Crippen LogP contribution in [0.3, 0.4) is 0 Å². The number of ketones is 1. The summed E-state index contributed by atoms with van der Waals surface area (Å²) in [6.45, 7) is 2.09. The van der Waals surface area contributed by atoms with Crippen molar-refractivity contribution in [2.24, 2.45) is 0 Å². The Morgan fingerprint density at radius 1 is 0.967 bits per heavy atom. The lowest BCUT2D eigenvalue weighted by Gasteiger charge is -2.37. The van der Waals surface area contributed by atoms with Crippen LogP contribution in [0.4, 0.5) is 5.69 Å². The molecule has 1 unspecified atom stereocenters. The predicted molar refractivity (Wildman–Crippen MR) is 115 cm³/mol. The Bertz CT molecular complexity index is 1030. The molecule has 152 valence electrons. The van der Waals surface area contributed by atoms with Crippen LogP contribution in [0.2, 0.25) is 0 Å². The summed E-state index contributed by atoms with van der Waals surface area (Å²) in [5, 5.41) is 0. The average Bonchev–Trinajstić information content (AvgIpc) is 2.82. The van der Waals surface area contributed by atoms with Crippen LogP contribution >= 0.6 is 0 Å².